The third kappa shape index (κ3) is 3.57. The van der Waals surface area contributed by atoms with Gasteiger partial charge in [0.1, 0.15) is 11.6 Å². The van der Waals surface area contributed by atoms with Crippen molar-refractivity contribution in [1.82, 2.24) is 24.3 Å². The summed E-state index contributed by atoms with van der Waals surface area (Å²) < 4.78 is 30.1. The fourth-order valence-electron chi connectivity index (χ4n) is 2.96. The number of aryl methyl sites for hydroxylation is 1. The molecule has 0 aliphatic rings. The zero-order valence-corrected chi connectivity index (χ0v) is 15.4. The first-order valence-corrected chi connectivity index (χ1v) is 9.42. The van der Waals surface area contributed by atoms with E-state index in [1.165, 1.54) is 11.8 Å². The largest absolute Gasteiger partial charge is 0.320 e. The molecule has 2 aromatic carbocycles. The molecule has 0 bridgehead atoms. The lowest BCUT2D eigenvalue weighted by Crippen LogP contribution is -2.06. The molecule has 27 heavy (non-hydrogen) atoms. The van der Waals surface area contributed by atoms with Crippen molar-refractivity contribution in [3.8, 4) is 0 Å². The molecule has 4 rings (SSSR count). The molecule has 0 amide bonds. The molecule has 0 saturated carbocycles. The summed E-state index contributed by atoms with van der Waals surface area (Å²) in [6, 6.07) is 16.9. The maximum atomic E-state index is 13.6. The third-order valence-corrected chi connectivity index (χ3v) is 5.24. The van der Waals surface area contributed by atoms with Gasteiger partial charge in [0.15, 0.2) is 5.16 Å². The molecule has 0 atom stereocenters. The summed E-state index contributed by atoms with van der Waals surface area (Å²) in [6.07, 6.45) is 0. The van der Waals surface area contributed by atoms with Gasteiger partial charge < -0.3 is 4.57 Å². The highest BCUT2D eigenvalue weighted by molar-refractivity contribution is 7.98. The lowest BCUT2D eigenvalue weighted by Gasteiger charge is -2.10. The van der Waals surface area contributed by atoms with E-state index in [1.807, 2.05) is 41.8 Å². The molecule has 2 heterocycles. The van der Waals surface area contributed by atoms with Crippen molar-refractivity contribution in [2.75, 3.05) is 0 Å². The van der Waals surface area contributed by atoms with Gasteiger partial charge in [0.2, 0.25) is 0 Å². The van der Waals surface area contributed by atoms with Gasteiger partial charge in [0, 0.05) is 0 Å². The predicted molar refractivity (Wildman–Crippen MR) is 101 cm³/mol. The van der Waals surface area contributed by atoms with Crippen LogP contribution in [0, 0.1) is 6.92 Å². The number of hydrogen-bond acceptors (Lipinski definition) is 4. The van der Waals surface area contributed by atoms with Crippen LogP contribution in [-0.4, -0.2) is 24.3 Å². The molecule has 0 saturated heterocycles. The second-order valence-corrected chi connectivity index (χ2v) is 7.00. The zero-order chi connectivity index (χ0) is 18.8. The highest BCUT2D eigenvalue weighted by atomic mass is 32.2. The Kier molecular flexibility index (Phi) is 4.89. The van der Waals surface area contributed by atoms with E-state index in [2.05, 4.69) is 15.2 Å². The van der Waals surface area contributed by atoms with E-state index in [4.69, 9.17) is 0 Å². The topological polar surface area (TPSA) is 48.5 Å². The summed E-state index contributed by atoms with van der Waals surface area (Å²) in [6.45, 7) is -0.126. The number of hydrogen-bond donors (Lipinski definition) is 0. The van der Waals surface area contributed by atoms with Crippen molar-refractivity contribution in [3.63, 3.8) is 0 Å². The van der Waals surface area contributed by atoms with Crippen molar-refractivity contribution in [1.29, 1.82) is 0 Å². The van der Waals surface area contributed by atoms with E-state index >= 15 is 0 Å². The first-order chi connectivity index (χ1) is 13.1. The quantitative estimate of drug-likeness (QED) is 0.453. The number of rotatable bonds is 6. The number of para-hydroxylation sites is 2. The fraction of sp³-hybridized carbons (Fsp3) is 0.211. The predicted octanol–water partition coefficient (Wildman–Crippen LogP) is 4.67. The molecule has 8 heteroatoms. The second kappa shape index (κ2) is 7.48. The summed E-state index contributed by atoms with van der Waals surface area (Å²) in [7, 11) is 0. The molecular weight excluding hydrogens is 368 g/mol. The van der Waals surface area contributed by atoms with Crippen LogP contribution in [0.5, 0.6) is 0 Å². The highest BCUT2D eigenvalue weighted by Crippen LogP contribution is 2.28. The van der Waals surface area contributed by atoms with E-state index in [0.29, 0.717) is 28.6 Å². The van der Waals surface area contributed by atoms with Crippen molar-refractivity contribution >= 4 is 22.8 Å². The Morgan fingerprint density at radius 2 is 1.74 bits per heavy atom. The highest BCUT2D eigenvalue weighted by Gasteiger charge is 2.19. The van der Waals surface area contributed by atoms with Crippen LogP contribution in [0.25, 0.3) is 11.0 Å². The third-order valence-electron chi connectivity index (χ3n) is 4.28. The minimum absolute atomic E-state index is 0.284. The maximum Gasteiger partial charge on any atom is 0.320 e. The number of aromatic nitrogens is 5. The molecule has 2 aromatic heterocycles. The van der Waals surface area contributed by atoms with Crippen LogP contribution in [0.3, 0.4) is 0 Å². The van der Waals surface area contributed by atoms with E-state index in [-0.39, 0.29) is 5.75 Å². The zero-order valence-electron chi connectivity index (χ0n) is 14.6. The minimum Gasteiger partial charge on any atom is -0.302 e. The van der Waals surface area contributed by atoms with Gasteiger partial charge in [-0.2, -0.15) is 8.78 Å². The minimum atomic E-state index is -2.64. The number of halogens is 2. The molecule has 0 unspecified atom stereocenters. The van der Waals surface area contributed by atoms with Crippen molar-refractivity contribution in [2.24, 2.45) is 0 Å². The number of nitrogens with zero attached hydrogens (tertiary/aromatic N) is 5. The van der Waals surface area contributed by atoms with Crippen molar-refractivity contribution in [2.45, 2.75) is 30.9 Å². The van der Waals surface area contributed by atoms with Crippen LogP contribution in [0.2, 0.25) is 0 Å². The van der Waals surface area contributed by atoms with Crippen LogP contribution < -0.4 is 0 Å². The number of benzene rings is 2. The lowest BCUT2D eigenvalue weighted by atomic mass is 10.2. The SMILES string of the molecule is Cc1nnc(SCc2nc3ccccc3n2C(F)F)n1Cc1ccccc1. The van der Waals surface area contributed by atoms with Gasteiger partial charge in [-0.05, 0) is 24.6 Å². The van der Waals surface area contributed by atoms with Crippen LogP contribution in [0.4, 0.5) is 8.78 Å². The van der Waals surface area contributed by atoms with Gasteiger partial charge in [-0.25, -0.2) is 4.98 Å². The van der Waals surface area contributed by atoms with Crippen LogP contribution in [-0.2, 0) is 12.3 Å². The standard InChI is InChI=1S/C19H17F2N5S/c1-13-23-24-19(25(13)11-14-7-3-2-4-8-14)27-12-17-22-15-9-5-6-10-16(15)26(17)18(20)21/h2-10,18H,11-12H2,1H3. The molecule has 0 spiro atoms. The molecule has 0 radical (unpaired) electrons. The van der Waals surface area contributed by atoms with E-state index in [1.54, 1.807) is 24.3 Å². The number of imidazole rings is 1. The Bertz CT molecular complexity index is 1060. The van der Waals surface area contributed by atoms with Crippen molar-refractivity contribution in [3.05, 3.63) is 71.8 Å². The Labute approximate surface area is 159 Å². The van der Waals surface area contributed by atoms with Gasteiger partial charge in [0.25, 0.3) is 0 Å². The van der Waals surface area contributed by atoms with Gasteiger partial charge in [-0.1, -0.05) is 54.2 Å². The lowest BCUT2D eigenvalue weighted by molar-refractivity contribution is 0.0722. The molecule has 138 valence electrons. The monoisotopic (exact) mass is 385 g/mol. The number of fused-ring (bicyclic) bond motifs is 1. The normalized spacial score (nSPS) is 11.6. The fourth-order valence-corrected chi connectivity index (χ4v) is 3.87. The molecule has 0 aliphatic carbocycles. The molecular formula is C19H17F2N5S. The first-order valence-electron chi connectivity index (χ1n) is 8.44. The second-order valence-electron chi connectivity index (χ2n) is 6.05. The first kappa shape index (κ1) is 17.7. The molecule has 0 N–H and O–H groups in total. The summed E-state index contributed by atoms with van der Waals surface area (Å²) in [5.41, 5.74) is 2.13. The Hall–Kier alpha value is -2.74. The van der Waals surface area contributed by atoms with Crippen LogP contribution in [0.1, 0.15) is 23.8 Å². The van der Waals surface area contributed by atoms with E-state index in [0.717, 1.165) is 16.0 Å². The van der Waals surface area contributed by atoms with Gasteiger partial charge in [0.05, 0.1) is 23.3 Å². The van der Waals surface area contributed by atoms with Crippen molar-refractivity contribution < 1.29 is 8.78 Å². The Morgan fingerprint density at radius 1 is 1.00 bits per heavy atom. The number of thioether (sulfide) groups is 1. The van der Waals surface area contributed by atoms with E-state index < -0.39 is 6.55 Å². The molecule has 4 aromatic rings. The summed E-state index contributed by atoms with van der Waals surface area (Å²) in [5, 5.41) is 9.03. The Balaban J connectivity index is 1.60. The van der Waals surface area contributed by atoms with Gasteiger partial charge >= 0.3 is 6.55 Å². The molecule has 0 fully saturated rings. The number of alkyl halides is 2. The summed E-state index contributed by atoms with van der Waals surface area (Å²) in [5.74, 6) is 1.39. The van der Waals surface area contributed by atoms with E-state index in [9.17, 15) is 8.78 Å². The van der Waals surface area contributed by atoms with Gasteiger partial charge in [-0.15, -0.1) is 10.2 Å². The average molecular weight is 385 g/mol. The average Bonchev–Trinajstić information content (AvgIpc) is 3.21. The molecule has 5 nitrogen and oxygen atoms in total. The smallest absolute Gasteiger partial charge is 0.302 e. The summed E-state index contributed by atoms with van der Waals surface area (Å²) in [4.78, 5) is 4.37. The Morgan fingerprint density at radius 3 is 2.52 bits per heavy atom. The molecule has 0 aliphatic heterocycles. The van der Waals surface area contributed by atoms with Gasteiger partial charge in [-0.3, -0.25) is 4.57 Å². The van der Waals surface area contributed by atoms with Crippen LogP contribution >= 0.6 is 11.8 Å². The maximum absolute atomic E-state index is 13.6. The van der Waals surface area contributed by atoms with Crippen LogP contribution in [0.15, 0.2) is 59.8 Å². The summed E-state index contributed by atoms with van der Waals surface area (Å²) >= 11 is 1.36.